The van der Waals surface area contributed by atoms with Gasteiger partial charge >= 0.3 is 0 Å². The van der Waals surface area contributed by atoms with Gasteiger partial charge in [-0.1, -0.05) is 11.6 Å². The zero-order valence-corrected chi connectivity index (χ0v) is 11.9. The minimum Gasteiger partial charge on any atom is -0.394 e. The Labute approximate surface area is 127 Å². The van der Waals surface area contributed by atoms with Crippen LogP contribution in [0, 0.1) is 17.5 Å². The first-order chi connectivity index (χ1) is 9.92. The van der Waals surface area contributed by atoms with E-state index in [1.807, 2.05) is 0 Å². The molecule has 0 bridgehead atoms. The average molecular weight is 336 g/mol. The number of halogens is 4. The van der Waals surface area contributed by atoms with Gasteiger partial charge in [-0.25, -0.2) is 13.2 Å². The maximum atomic E-state index is 13.2. The Morgan fingerprint density at radius 1 is 1.29 bits per heavy atom. The van der Waals surface area contributed by atoms with Gasteiger partial charge in [0, 0.05) is 0 Å². The molecule has 1 heterocycles. The molecular weight excluding hydrogens is 327 g/mol. The van der Waals surface area contributed by atoms with Gasteiger partial charge in [0.1, 0.15) is 0 Å². The molecule has 0 fully saturated rings. The average Bonchev–Trinajstić information content (AvgIpc) is 2.88. The molecule has 21 heavy (non-hydrogen) atoms. The molecule has 3 nitrogen and oxygen atoms in total. The van der Waals surface area contributed by atoms with E-state index in [1.165, 1.54) is 12.1 Å². The Morgan fingerprint density at radius 3 is 2.38 bits per heavy atom. The summed E-state index contributed by atoms with van der Waals surface area (Å²) in [5.74, 6) is -4.95. The summed E-state index contributed by atoms with van der Waals surface area (Å²) in [4.78, 5) is 12.2. The molecule has 0 spiro atoms. The summed E-state index contributed by atoms with van der Waals surface area (Å²) in [7, 11) is 0. The van der Waals surface area contributed by atoms with Crippen LogP contribution in [0.2, 0.25) is 4.34 Å². The van der Waals surface area contributed by atoms with Crippen LogP contribution in [0.5, 0.6) is 0 Å². The van der Waals surface area contributed by atoms with E-state index in [4.69, 9.17) is 11.6 Å². The summed E-state index contributed by atoms with van der Waals surface area (Å²) < 4.78 is 39.6. The predicted octanol–water partition coefficient (Wildman–Crippen LogP) is 3.28. The number of carbonyl (C=O) groups excluding carboxylic acids is 1. The standard InChI is InChI=1S/C13H9ClF3NO2S/c14-11-2-1-10(21-11)13(20)18-9(5-19)6-3-7(15)12(17)8(16)4-6/h1-4,9,19H,5H2,(H,18,20). The lowest BCUT2D eigenvalue weighted by Gasteiger charge is -2.16. The molecule has 0 aliphatic rings. The Morgan fingerprint density at radius 2 is 1.90 bits per heavy atom. The highest BCUT2D eigenvalue weighted by molar-refractivity contribution is 7.17. The van der Waals surface area contributed by atoms with Crippen molar-refractivity contribution >= 4 is 28.8 Å². The van der Waals surface area contributed by atoms with E-state index in [0.717, 1.165) is 23.5 Å². The van der Waals surface area contributed by atoms with E-state index >= 15 is 0 Å². The minimum absolute atomic E-state index is 0.0788. The highest BCUT2D eigenvalue weighted by Crippen LogP contribution is 2.23. The van der Waals surface area contributed by atoms with Gasteiger partial charge in [-0.2, -0.15) is 0 Å². The quantitative estimate of drug-likeness (QED) is 0.842. The molecule has 0 aliphatic heterocycles. The topological polar surface area (TPSA) is 49.3 Å². The first-order valence-electron chi connectivity index (χ1n) is 5.74. The molecule has 2 N–H and O–H groups in total. The molecule has 1 amide bonds. The summed E-state index contributed by atoms with van der Waals surface area (Å²) in [5, 5.41) is 11.6. The molecule has 0 radical (unpaired) electrons. The van der Waals surface area contributed by atoms with E-state index in [9.17, 15) is 23.1 Å². The molecule has 1 atom stereocenters. The van der Waals surface area contributed by atoms with Gasteiger partial charge in [0.25, 0.3) is 5.91 Å². The molecule has 0 saturated heterocycles. The van der Waals surface area contributed by atoms with Crippen molar-refractivity contribution in [2.45, 2.75) is 6.04 Å². The molecular formula is C13H9ClF3NO2S. The first kappa shape index (κ1) is 15.8. The molecule has 1 aromatic heterocycles. The molecule has 2 aromatic rings. The molecule has 112 valence electrons. The van der Waals surface area contributed by atoms with Crippen molar-refractivity contribution < 1.29 is 23.1 Å². The second kappa shape index (κ2) is 6.46. The predicted molar refractivity (Wildman–Crippen MR) is 72.9 cm³/mol. The largest absolute Gasteiger partial charge is 0.394 e. The number of hydrogen-bond acceptors (Lipinski definition) is 3. The molecule has 1 unspecified atom stereocenters. The maximum absolute atomic E-state index is 13.2. The lowest BCUT2D eigenvalue weighted by Crippen LogP contribution is -2.30. The summed E-state index contributed by atoms with van der Waals surface area (Å²) in [6, 6.07) is 3.37. The fourth-order valence-corrected chi connectivity index (χ4v) is 2.62. The van der Waals surface area contributed by atoms with Crippen LogP contribution < -0.4 is 5.32 Å². The number of benzene rings is 1. The Kier molecular flexibility index (Phi) is 4.87. The number of aliphatic hydroxyl groups is 1. The Bertz CT molecular complexity index is 654. The van der Waals surface area contributed by atoms with Crippen LogP contribution in [0.3, 0.4) is 0 Å². The monoisotopic (exact) mass is 335 g/mol. The van der Waals surface area contributed by atoms with E-state index in [2.05, 4.69) is 5.32 Å². The number of amides is 1. The van der Waals surface area contributed by atoms with Crippen molar-refractivity contribution in [1.29, 1.82) is 0 Å². The van der Waals surface area contributed by atoms with Crippen molar-refractivity contribution in [2.75, 3.05) is 6.61 Å². The van der Waals surface area contributed by atoms with Crippen LogP contribution in [0.1, 0.15) is 21.3 Å². The number of hydrogen-bond donors (Lipinski definition) is 2. The fourth-order valence-electron chi connectivity index (χ4n) is 1.68. The number of rotatable bonds is 4. The molecule has 2 rings (SSSR count). The van der Waals surface area contributed by atoms with Gasteiger partial charge in [-0.3, -0.25) is 4.79 Å². The van der Waals surface area contributed by atoms with Crippen molar-refractivity contribution in [3.05, 3.63) is 56.5 Å². The maximum Gasteiger partial charge on any atom is 0.261 e. The van der Waals surface area contributed by atoms with Crippen molar-refractivity contribution in [2.24, 2.45) is 0 Å². The molecule has 0 aliphatic carbocycles. The summed E-state index contributed by atoms with van der Waals surface area (Å²) in [5.41, 5.74) is -0.0788. The number of nitrogens with one attached hydrogen (secondary N) is 1. The van der Waals surface area contributed by atoms with Gasteiger partial charge < -0.3 is 10.4 Å². The van der Waals surface area contributed by atoms with E-state index in [0.29, 0.717) is 4.34 Å². The number of thiophene rings is 1. The smallest absolute Gasteiger partial charge is 0.261 e. The Balaban J connectivity index is 2.22. The van der Waals surface area contributed by atoms with Crippen LogP contribution in [-0.2, 0) is 0 Å². The van der Waals surface area contributed by atoms with Crippen LogP contribution in [0.25, 0.3) is 0 Å². The SMILES string of the molecule is O=C(NC(CO)c1cc(F)c(F)c(F)c1)c1ccc(Cl)s1. The van der Waals surface area contributed by atoms with Gasteiger partial charge in [-0.05, 0) is 29.8 Å². The summed E-state index contributed by atoms with van der Waals surface area (Å²) >= 11 is 6.72. The van der Waals surface area contributed by atoms with Crippen molar-refractivity contribution in [1.82, 2.24) is 5.32 Å². The minimum atomic E-state index is -1.60. The van der Waals surface area contributed by atoms with Gasteiger partial charge in [-0.15, -0.1) is 11.3 Å². The number of carbonyl (C=O) groups is 1. The Hall–Kier alpha value is -1.57. The van der Waals surface area contributed by atoms with Crippen LogP contribution >= 0.6 is 22.9 Å². The first-order valence-corrected chi connectivity index (χ1v) is 6.93. The number of aliphatic hydroxyl groups excluding tert-OH is 1. The van der Waals surface area contributed by atoms with Crippen LogP contribution in [-0.4, -0.2) is 17.6 Å². The van der Waals surface area contributed by atoms with E-state index < -0.39 is 36.0 Å². The van der Waals surface area contributed by atoms with Gasteiger partial charge in [0.05, 0.1) is 21.9 Å². The second-order valence-corrected chi connectivity index (χ2v) is 5.83. The van der Waals surface area contributed by atoms with Crippen LogP contribution in [0.15, 0.2) is 24.3 Å². The van der Waals surface area contributed by atoms with Crippen molar-refractivity contribution in [3.8, 4) is 0 Å². The van der Waals surface area contributed by atoms with E-state index in [-0.39, 0.29) is 10.4 Å². The normalized spacial score (nSPS) is 12.2. The lowest BCUT2D eigenvalue weighted by molar-refractivity contribution is 0.0920. The molecule has 0 saturated carbocycles. The zero-order chi connectivity index (χ0) is 15.6. The third-order valence-corrected chi connectivity index (χ3v) is 3.92. The third-order valence-electron chi connectivity index (χ3n) is 2.69. The molecule has 8 heteroatoms. The van der Waals surface area contributed by atoms with Crippen LogP contribution in [0.4, 0.5) is 13.2 Å². The van der Waals surface area contributed by atoms with Crippen molar-refractivity contribution in [3.63, 3.8) is 0 Å². The fraction of sp³-hybridized carbons (Fsp3) is 0.154. The van der Waals surface area contributed by atoms with Gasteiger partial charge in [0.2, 0.25) is 0 Å². The second-order valence-electron chi connectivity index (χ2n) is 4.11. The highest BCUT2D eigenvalue weighted by atomic mass is 35.5. The summed E-state index contributed by atoms with van der Waals surface area (Å²) in [6.07, 6.45) is 0. The zero-order valence-electron chi connectivity index (χ0n) is 10.4. The van der Waals surface area contributed by atoms with E-state index in [1.54, 1.807) is 0 Å². The molecule has 1 aromatic carbocycles. The third kappa shape index (κ3) is 3.55. The summed E-state index contributed by atoms with van der Waals surface area (Å²) in [6.45, 7) is -0.602. The van der Waals surface area contributed by atoms with Gasteiger partial charge in [0.15, 0.2) is 17.5 Å². The lowest BCUT2D eigenvalue weighted by atomic mass is 10.1. The highest BCUT2D eigenvalue weighted by Gasteiger charge is 2.20.